The van der Waals surface area contributed by atoms with Crippen molar-refractivity contribution in [3.8, 4) is 0 Å². The van der Waals surface area contributed by atoms with Gasteiger partial charge in [0, 0.05) is 53.8 Å². The molecule has 2 aliphatic rings. The molecule has 6 heteroatoms. The Morgan fingerprint density at radius 1 is 1.13 bits per heavy atom. The monoisotopic (exact) mass is 422 g/mol. The molecule has 2 atom stereocenters. The lowest BCUT2D eigenvalue weighted by atomic mass is 9.83. The first-order chi connectivity index (χ1) is 14.4. The predicted molar refractivity (Wildman–Crippen MR) is 123 cm³/mol. The van der Waals surface area contributed by atoms with E-state index in [-0.39, 0.29) is 5.56 Å². The molecule has 1 saturated heterocycles. The van der Waals surface area contributed by atoms with E-state index in [1.807, 2.05) is 42.9 Å². The zero-order chi connectivity index (χ0) is 21.0. The van der Waals surface area contributed by atoms with Crippen LogP contribution in [-0.2, 0) is 13.1 Å². The highest BCUT2D eigenvalue weighted by Crippen LogP contribution is 2.37. The summed E-state index contributed by atoms with van der Waals surface area (Å²) in [5, 5.41) is 1.86. The molecule has 2 bridgehead atoms. The number of aryl methyl sites for hydroxylation is 1. The van der Waals surface area contributed by atoms with Gasteiger partial charge in [-0.15, -0.1) is 0 Å². The van der Waals surface area contributed by atoms with E-state index >= 15 is 0 Å². The zero-order valence-corrected chi connectivity index (χ0v) is 18.5. The van der Waals surface area contributed by atoms with E-state index in [0.29, 0.717) is 23.4 Å². The van der Waals surface area contributed by atoms with Crippen LogP contribution in [0.25, 0.3) is 10.9 Å². The summed E-state index contributed by atoms with van der Waals surface area (Å²) in [5.41, 5.74) is 4.39. The Hall–Kier alpha value is -2.37. The minimum Gasteiger partial charge on any atom is -0.356 e. The molecule has 2 aromatic heterocycles. The Labute approximate surface area is 181 Å². The summed E-state index contributed by atoms with van der Waals surface area (Å²) in [5.74, 6) is 1.83. The molecule has 2 aliphatic heterocycles. The average Bonchev–Trinajstić information content (AvgIpc) is 2.69. The van der Waals surface area contributed by atoms with Crippen molar-refractivity contribution in [2.24, 2.45) is 5.92 Å². The lowest BCUT2D eigenvalue weighted by molar-refractivity contribution is 0.278. The van der Waals surface area contributed by atoms with E-state index in [9.17, 15) is 4.79 Å². The van der Waals surface area contributed by atoms with Crippen LogP contribution in [0.3, 0.4) is 0 Å². The van der Waals surface area contributed by atoms with Crippen molar-refractivity contribution in [3.63, 3.8) is 0 Å². The second-order valence-corrected chi connectivity index (χ2v) is 9.54. The maximum atomic E-state index is 13.1. The molecular weight excluding hydrogens is 396 g/mol. The Morgan fingerprint density at radius 2 is 1.97 bits per heavy atom. The number of pyridine rings is 2. The van der Waals surface area contributed by atoms with Gasteiger partial charge in [-0.2, -0.15) is 0 Å². The summed E-state index contributed by atoms with van der Waals surface area (Å²) in [6.45, 7) is 5.43. The molecule has 156 valence electrons. The van der Waals surface area contributed by atoms with Crippen LogP contribution >= 0.6 is 11.6 Å². The Morgan fingerprint density at radius 3 is 2.77 bits per heavy atom. The number of benzene rings is 1. The van der Waals surface area contributed by atoms with E-state index in [1.54, 1.807) is 0 Å². The van der Waals surface area contributed by atoms with Gasteiger partial charge in [-0.1, -0.05) is 23.7 Å². The molecule has 1 fully saturated rings. The maximum Gasteiger partial charge on any atom is 0.255 e. The van der Waals surface area contributed by atoms with Crippen molar-refractivity contribution >= 4 is 28.3 Å². The van der Waals surface area contributed by atoms with Crippen LogP contribution in [0.15, 0.2) is 41.2 Å². The van der Waals surface area contributed by atoms with E-state index in [0.717, 1.165) is 48.3 Å². The fraction of sp³-hybridized carbons (Fsp3) is 0.417. The second-order valence-electron chi connectivity index (χ2n) is 9.10. The van der Waals surface area contributed by atoms with Gasteiger partial charge >= 0.3 is 0 Å². The fourth-order valence-corrected chi connectivity index (χ4v) is 5.33. The maximum absolute atomic E-state index is 13.1. The number of piperidine rings is 1. The van der Waals surface area contributed by atoms with Crippen LogP contribution < -0.4 is 10.5 Å². The molecule has 0 aliphatic carbocycles. The normalized spacial score (nSPS) is 20.6. The first-order valence-corrected chi connectivity index (χ1v) is 11.0. The van der Waals surface area contributed by atoms with Gasteiger partial charge in [0.05, 0.1) is 5.52 Å². The molecule has 0 amide bonds. The minimum absolute atomic E-state index is 0.179. The number of hydrogen-bond acceptors (Lipinski definition) is 4. The third-order valence-corrected chi connectivity index (χ3v) is 6.69. The SMILES string of the molecule is Cc1cc(N2C[C@@H]3C[C@H](C2)c2ccc(CN(C)C)c(=O)n2C3)nc2cc(Cl)ccc12. The molecule has 0 spiro atoms. The third-order valence-electron chi connectivity index (χ3n) is 6.46. The highest BCUT2D eigenvalue weighted by Gasteiger charge is 2.35. The van der Waals surface area contributed by atoms with Gasteiger partial charge in [0.25, 0.3) is 5.56 Å². The third kappa shape index (κ3) is 3.40. The average molecular weight is 423 g/mol. The van der Waals surface area contributed by atoms with Crippen LogP contribution in [0.2, 0.25) is 5.02 Å². The molecule has 5 nitrogen and oxygen atoms in total. The van der Waals surface area contributed by atoms with E-state index in [4.69, 9.17) is 16.6 Å². The lowest BCUT2D eigenvalue weighted by Gasteiger charge is -2.43. The number of fused-ring (bicyclic) bond motifs is 5. The number of rotatable bonds is 3. The lowest BCUT2D eigenvalue weighted by Crippen LogP contribution is -2.48. The molecular formula is C24H27ClN4O. The Bertz CT molecular complexity index is 1190. The summed E-state index contributed by atoms with van der Waals surface area (Å²) >= 11 is 6.21. The highest BCUT2D eigenvalue weighted by molar-refractivity contribution is 6.31. The Balaban J connectivity index is 1.49. The van der Waals surface area contributed by atoms with Crippen LogP contribution in [0.4, 0.5) is 5.82 Å². The van der Waals surface area contributed by atoms with E-state index in [1.165, 1.54) is 11.3 Å². The quantitative estimate of drug-likeness (QED) is 0.638. The number of aromatic nitrogens is 2. The number of nitrogens with zero attached hydrogens (tertiary/aromatic N) is 4. The Kier molecular flexibility index (Phi) is 4.83. The van der Waals surface area contributed by atoms with Gasteiger partial charge < -0.3 is 14.4 Å². The van der Waals surface area contributed by atoms with Crippen LogP contribution in [-0.4, -0.2) is 41.6 Å². The van der Waals surface area contributed by atoms with E-state index < -0.39 is 0 Å². The second kappa shape index (κ2) is 7.40. The van der Waals surface area contributed by atoms with Gasteiger partial charge in [0.15, 0.2) is 0 Å². The number of halogens is 1. The zero-order valence-electron chi connectivity index (χ0n) is 17.7. The van der Waals surface area contributed by atoms with Crippen molar-refractivity contribution in [3.05, 3.63) is 68.6 Å². The standard InChI is InChI=1S/C24H27ClN4O/c1-15-8-23(26-21-10-19(25)5-6-20(15)21)28-11-16-9-18(14-28)22-7-4-17(13-27(2)3)24(30)29(22)12-16/h4-8,10,16,18H,9,11-14H2,1-3H3/t16-,18+/m0/s1. The predicted octanol–water partition coefficient (Wildman–Crippen LogP) is 4.04. The minimum atomic E-state index is 0.179. The van der Waals surface area contributed by atoms with Gasteiger partial charge in [-0.25, -0.2) is 4.98 Å². The number of anilines is 1. The topological polar surface area (TPSA) is 41.4 Å². The molecule has 0 N–H and O–H groups in total. The summed E-state index contributed by atoms with van der Waals surface area (Å²) < 4.78 is 2.04. The van der Waals surface area contributed by atoms with Crippen LogP contribution in [0.5, 0.6) is 0 Å². The number of hydrogen-bond donors (Lipinski definition) is 0. The van der Waals surface area contributed by atoms with Crippen molar-refractivity contribution in [2.45, 2.75) is 32.4 Å². The summed E-state index contributed by atoms with van der Waals surface area (Å²) in [6.07, 6.45) is 1.14. The summed E-state index contributed by atoms with van der Waals surface area (Å²) in [4.78, 5) is 22.4. The van der Waals surface area contributed by atoms with Crippen molar-refractivity contribution in [1.82, 2.24) is 14.5 Å². The largest absolute Gasteiger partial charge is 0.356 e. The smallest absolute Gasteiger partial charge is 0.255 e. The van der Waals surface area contributed by atoms with Crippen LogP contribution in [0.1, 0.15) is 29.2 Å². The first kappa shape index (κ1) is 19.6. The van der Waals surface area contributed by atoms with Crippen molar-refractivity contribution < 1.29 is 0 Å². The van der Waals surface area contributed by atoms with Gasteiger partial charge in [0.2, 0.25) is 0 Å². The molecule has 5 rings (SSSR count). The summed E-state index contributed by atoms with van der Waals surface area (Å²) in [6, 6.07) is 12.3. The van der Waals surface area contributed by atoms with E-state index in [2.05, 4.69) is 28.9 Å². The van der Waals surface area contributed by atoms with Crippen molar-refractivity contribution in [2.75, 3.05) is 32.1 Å². The van der Waals surface area contributed by atoms with Crippen LogP contribution in [0, 0.1) is 12.8 Å². The molecule has 0 radical (unpaired) electrons. The molecule has 0 unspecified atom stereocenters. The van der Waals surface area contributed by atoms with Crippen molar-refractivity contribution in [1.29, 1.82) is 0 Å². The first-order valence-electron chi connectivity index (χ1n) is 10.6. The molecule has 30 heavy (non-hydrogen) atoms. The molecule has 4 heterocycles. The van der Waals surface area contributed by atoms with Gasteiger partial charge in [-0.05, 0) is 63.2 Å². The highest BCUT2D eigenvalue weighted by atomic mass is 35.5. The molecule has 1 aromatic carbocycles. The molecule has 3 aromatic rings. The van der Waals surface area contributed by atoms with Gasteiger partial charge in [0.1, 0.15) is 5.82 Å². The van der Waals surface area contributed by atoms with Gasteiger partial charge in [-0.3, -0.25) is 4.79 Å². The summed E-state index contributed by atoms with van der Waals surface area (Å²) in [7, 11) is 4.00. The molecule has 0 saturated carbocycles. The fourth-order valence-electron chi connectivity index (χ4n) is 5.16.